The van der Waals surface area contributed by atoms with E-state index in [1.54, 1.807) is 0 Å². The molecule has 0 aliphatic carbocycles. The van der Waals surface area contributed by atoms with E-state index in [9.17, 15) is 0 Å². The highest BCUT2D eigenvalue weighted by atomic mass is 31.2. The summed E-state index contributed by atoms with van der Waals surface area (Å²) in [6, 6.07) is 52.3. The molecule has 5 rings (SSSR count). The first-order valence-corrected chi connectivity index (χ1v) is 14.7. The molecule has 5 aromatic rings. The van der Waals surface area contributed by atoms with Crippen LogP contribution in [-0.4, -0.2) is 0 Å². The fraction of sp³-hybridized carbons (Fsp3) is 0.143. The summed E-state index contributed by atoms with van der Waals surface area (Å²) in [6.07, 6.45) is 0. The van der Waals surface area contributed by atoms with Gasteiger partial charge < -0.3 is 4.74 Å². The van der Waals surface area contributed by atoms with Gasteiger partial charge in [0.05, 0.1) is 0 Å². The van der Waals surface area contributed by atoms with E-state index in [4.69, 9.17) is 4.74 Å². The van der Waals surface area contributed by atoms with Crippen molar-refractivity contribution in [1.82, 2.24) is 0 Å². The van der Waals surface area contributed by atoms with Crippen molar-refractivity contribution in [1.29, 1.82) is 0 Å². The lowest BCUT2D eigenvalue weighted by Crippen LogP contribution is -2.39. The van der Waals surface area contributed by atoms with Gasteiger partial charge in [-0.3, -0.25) is 0 Å². The zero-order valence-electron chi connectivity index (χ0n) is 21.8. The molecular weight excluding hydrogens is 467 g/mol. The van der Waals surface area contributed by atoms with Crippen molar-refractivity contribution in [3.63, 3.8) is 0 Å². The minimum Gasteiger partial charge on any atom is -0.457 e. The molecule has 1 unspecified atom stereocenters. The van der Waals surface area contributed by atoms with E-state index in [0.29, 0.717) is 0 Å². The third-order valence-corrected chi connectivity index (χ3v) is 12.1. The first kappa shape index (κ1) is 25.0. The lowest BCUT2D eigenvalue weighted by atomic mass is 9.87. The average molecular weight is 502 g/mol. The second-order valence-corrected chi connectivity index (χ2v) is 14.0. The van der Waals surface area contributed by atoms with Crippen molar-refractivity contribution in [3.8, 4) is 11.5 Å². The molecule has 2 heteroatoms. The third-order valence-electron chi connectivity index (χ3n) is 6.87. The van der Waals surface area contributed by atoms with Crippen LogP contribution in [0.4, 0.5) is 0 Å². The lowest BCUT2D eigenvalue weighted by molar-refractivity contribution is 0.396. The lowest BCUT2D eigenvalue weighted by Gasteiger charge is -2.41. The van der Waals surface area contributed by atoms with Gasteiger partial charge in [0.25, 0.3) is 0 Å². The van der Waals surface area contributed by atoms with E-state index >= 15 is 0 Å². The summed E-state index contributed by atoms with van der Waals surface area (Å²) in [4.78, 5) is 0. The molecular formula is C35H34OP+. The van der Waals surface area contributed by atoms with Crippen LogP contribution in [-0.2, 0) is 0 Å². The summed E-state index contributed by atoms with van der Waals surface area (Å²) in [6.45, 7) is 7.15. The molecule has 0 fully saturated rings. The average Bonchev–Trinajstić information content (AvgIpc) is 2.94. The fourth-order valence-electron chi connectivity index (χ4n) is 5.53. The number of hydrogen-bond donors (Lipinski definition) is 0. The first-order valence-electron chi connectivity index (χ1n) is 12.9. The maximum Gasteiger partial charge on any atom is 0.127 e. The molecule has 5 aromatic carbocycles. The van der Waals surface area contributed by atoms with Crippen LogP contribution >= 0.6 is 7.26 Å². The van der Waals surface area contributed by atoms with Gasteiger partial charge in [0, 0.05) is 5.41 Å². The summed E-state index contributed by atoms with van der Waals surface area (Å²) in [7, 11) is -2.13. The van der Waals surface area contributed by atoms with Crippen LogP contribution in [0.15, 0.2) is 146 Å². The van der Waals surface area contributed by atoms with Crippen LogP contribution in [0, 0.1) is 5.41 Å². The van der Waals surface area contributed by atoms with Crippen molar-refractivity contribution < 1.29 is 4.74 Å². The van der Waals surface area contributed by atoms with Crippen LogP contribution in [0.3, 0.4) is 0 Å². The molecule has 0 aliphatic rings. The number of hydrogen-bond acceptors (Lipinski definition) is 1. The van der Waals surface area contributed by atoms with Crippen molar-refractivity contribution in [2.75, 3.05) is 0 Å². The molecule has 0 heterocycles. The quantitative estimate of drug-likeness (QED) is 0.203. The van der Waals surface area contributed by atoms with E-state index in [1.807, 2.05) is 30.3 Å². The van der Waals surface area contributed by atoms with Crippen LogP contribution in [0.1, 0.15) is 32.0 Å². The molecule has 37 heavy (non-hydrogen) atoms. The second-order valence-electron chi connectivity index (χ2n) is 10.5. The molecule has 1 atom stereocenters. The Morgan fingerprint density at radius 3 is 1.19 bits per heavy atom. The van der Waals surface area contributed by atoms with Gasteiger partial charge in [0.2, 0.25) is 0 Å². The summed E-state index contributed by atoms with van der Waals surface area (Å²) in [5.41, 5.74) is 1.56. The summed E-state index contributed by atoms with van der Waals surface area (Å²) in [5.74, 6) is 1.70. The maximum atomic E-state index is 6.15. The SMILES string of the molecule is CC(C)(C)C(c1ccc(Oc2ccccc2)cc1)[P+](c1ccccc1)(c1ccccc1)c1ccccc1. The first-order chi connectivity index (χ1) is 18.0. The highest BCUT2D eigenvalue weighted by Crippen LogP contribution is 2.71. The number of ether oxygens (including phenoxy) is 1. The smallest absolute Gasteiger partial charge is 0.127 e. The Kier molecular flexibility index (Phi) is 7.26. The highest BCUT2D eigenvalue weighted by Gasteiger charge is 2.57. The summed E-state index contributed by atoms with van der Waals surface area (Å²) in [5, 5.41) is 4.20. The molecule has 1 nitrogen and oxygen atoms in total. The van der Waals surface area contributed by atoms with Gasteiger partial charge in [-0.2, -0.15) is 0 Å². The number of para-hydroxylation sites is 1. The van der Waals surface area contributed by atoms with Crippen molar-refractivity contribution in [3.05, 3.63) is 151 Å². The van der Waals surface area contributed by atoms with Crippen molar-refractivity contribution >= 4 is 23.2 Å². The monoisotopic (exact) mass is 501 g/mol. The molecule has 0 bridgehead atoms. The standard InChI is InChI=1S/C35H34OP/c1-35(2,3)34(28-24-26-30(27-25-28)36-29-16-8-4-9-17-29)37(31-18-10-5-11-19-31,32-20-12-6-13-21-32)33-22-14-7-15-23-33/h4-27,34H,1-3H3/q+1. The zero-order valence-corrected chi connectivity index (χ0v) is 22.7. The van der Waals surface area contributed by atoms with E-state index < -0.39 is 7.26 Å². The van der Waals surface area contributed by atoms with Crippen LogP contribution < -0.4 is 20.7 Å². The maximum absolute atomic E-state index is 6.15. The van der Waals surface area contributed by atoms with Crippen LogP contribution in [0.5, 0.6) is 11.5 Å². The predicted molar refractivity (Wildman–Crippen MR) is 160 cm³/mol. The molecule has 0 saturated heterocycles. The molecule has 0 N–H and O–H groups in total. The molecule has 0 saturated carbocycles. The van der Waals surface area contributed by atoms with Crippen molar-refractivity contribution in [2.24, 2.45) is 5.41 Å². The molecule has 184 valence electrons. The molecule has 0 aromatic heterocycles. The highest BCUT2D eigenvalue weighted by molar-refractivity contribution is 7.96. The topological polar surface area (TPSA) is 9.23 Å². The Labute approximate surface area is 222 Å². The molecule has 0 amide bonds. The zero-order chi connectivity index (χ0) is 25.7. The van der Waals surface area contributed by atoms with E-state index in [1.165, 1.54) is 21.5 Å². The second kappa shape index (κ2) is 10.8. The Bertz CT molecular complexity index is 1290. The van der Waals surface area contributed by atoms with Gasteiger partial charge >= 0.3 is 0 Å². The van der Waals surface area contributed by atoms with E-state index in [-0.39, 0.29) is 11.1 Å². The van der Waals surface area contributed by atoms with E-state index in [2.05, 4.69) is 136 Å². The van der Waals surface area contributed by atoms with Crippen LogP contribution in [0.2, 0.25) is 0 Å². The van der Waals surface area contributed by atoms with E-state index in [0.717, 1.165) is 11.5 Å². The largest absolute Gasteiger partial charge is 0.457 e. The molecule has 0 aliphatic heterocycles. The third kappa shape index (κ3) is 5.10. The Morgan fingerprint density at radius 2 is 0.811 bits per heavy atom. The summed E-state index contributed by atoms with van der Waals surface area (Å²) >= 11 is 0. The van der Waals surface area contributed by atoms with Gasteiger partial charge in [-0.05, 0) is 66.2 Å². The van der Waals surface area contributed by atoms with Gasteiger partial charge in [-0.25, -0.2) is 0 Å². The number of rotatable bonds is 7. The molecule has 0 spiro atoms. The predicted octanol–water partition coefficient (Wildman–Crippen LogP) is 8.56. The van der Waals surface area contributed by atoms with Crippen molar-refractivity contribution in [2.45, 2.75) is 26.4 Å². The van der Waals surface area contributed by atoms with Crippen LogP contribution in [0.25, 0.3) is 0 Å². The Hall–Kier alpha value is -3.67. The van der Waals surface area contributed by atoms with Gasteiger partial charge in [-0.15, -0.1) is 0 Å². The minimum atomic E-state index is -2.13. The molecule has 0 radical (unpaired) electrons. The minimum absolute atomic E-state index is 0.0168. The normalized spacial score (nSPS) is 12.6. The number of benzene rings is 5. The fourth-order valence-corrected chi connectivity index (χ4v) is 11.0. The van der Waals surface area contributed by atoms with Gasteiger partial charge in [0.15, 0.2) is 0 Å². The van der Waals surface area contributed by atoms with Gasteiger partial charge in [-0.1, -0.05) is 106 Å². The van der Waals surface area contributed by atoms with Gasteiger partial charge in [0.1, 0.15) is 40.3 Å². The Morgan fingerprint density at radius 1 is 0.459 bits per heavy atom. The Balaban J connectivity index is 1.74. The summed E-state index contributed by atoms with van der Waals surface area (Å²) < 4.78 is 6.15.